The van der Waals surface area contributed by atoms with E-state index in [4.69, 9.17) is 5.73 Å². The van der Waals surface area contributed by atoms with Crippen LogP contribution in [0.4, 0.5) is 19.0 Å². The Morgan fingerprint density at radius 2 is 1.86 bits per heavy atom. The van der Waals surface area contributed by atoms with Crippen molar-refractivity contribution < 1.29 is 18.0 Å². The fraction of sp³-hybridized carbons (Fsp3) is 0.217. The fourth-order valence-corrected chi connectivity index (χ4v) is 4.00. The van der Waals surface area contributed by atoms with Gasteiger partial charge < -0.3 is 10.6 Å². The number of rotatable bonds is 6. The zero-order valence-corrected chi connectivity index (χ0v) is 20.5. The van der Waals surface area contributed by atoms with Crippen molar-refractivity contribution in [2.75, 3.05) is 5.73 Å². The first-order chi connectivity index (χ1) is 16.7. The summed E-state index contributed by atoms with van der Waals surface area (Å²) in [5.41, 5.74) is 5.96. The van der Waals surface area contributed by atoms with E-state index in [1.54, 1.807) is 30.6 Å². The summed E-state index contributed by atoms with van der Waals surface area (Å²) in [6.45, 7) is 1.82. The molecule has 0 bridgehead atoms. The van der Waals surface area contributed by atoms with Gasteiger partial charge in [-0.05, 0) is 59.3 Å². The van der Waals surface area contributed by atoms with Crippen LogP contribution in [0.3, 0.4) is 0 Å². The van der Waals surface area contributed by atoms with Crippen molar-refractivity contribution in [2.24, 2.45) is 0 Å². The Labute approximate surface area is 212 Å². The number of aromatic nitrogens is 5. The molecule has 8 nitrogen and oxygen atoms in total. The average molecular weight is 593 g/mol. The lowest BCUT2D eigenvalue weighted by Crippen LogP contribution is -2.35. The number of hydrogen-bond donors (Lipinski definition) is 1. The number of hydrogen-bond acceptors (Lipinski definition) is 7. The summed E-state index contributed by atoms with van der Waals surface area (Å²) in [5.74, 6) is 0.354. The molecule has 4 aromatic rings. The monoisotopic (exact) mass is 593 g/mol. The first kappa shape index (κ1) is 24.7. The molecule has 0 fully saturated rings. The number of halogens is 4. The SMILES string of the molecule is CCC(c1ncccn1)N(Cc1ccc(C(F)(F)F)cn1)C(=O)c1cnc2nc(N)c(I)cc2c1. The predicted octanol–water partition coefficient (Wildman–Crippen LogP) is 4.81. The molecule has 2 N–H and O–H groups in total. The van der Waals surface area contributed by atoms with Crippen molar-refractivity contribution in [3.63, 3.8) is 0 Å². The lowest BCUT2D eigenvalue weighted by Gasteiger charge is -2.30. The van der Waals surface area contributed by atoms with Crippen LogP contribution in [0.25, 0.3) is 11.0 Å². The van der Waals surface area contributed by atoms with Crippen molar-refractivity contribution in [1.82, 2.24) is 29.8 Å². The van der Waals surface area contributed by atoms with Gasteiger partial charge in [-0.1, -0.05) is 6.92 Å². The van der Waals surface area contributed by atoms with Crippen LogP contribution in [0.1, 0.15) is 46.8 Å². The molecule has 1 unspecified atom stereocenters. The van der Waals surface area contributed by atoms with Gasteiger partial charge in [0.25, 0.3) is 5.91 Å². The van der Waals surface area contributed by atoms with Gasteiger partial charge in [0.1, 0.15) is 5.82 Å². The van der Waals surface area contributed by atoms with E-state index in [0.717, 1.165) is 15.8 Å². The zero-order valence-electron chi connectivity index (χ0n) is 18.4. The summed E-state index contributed by atoms with van der Waals surface area (Å²) in [6.07, 6.45) is 1.26. The molecule has 4 rings (SSSR count). The Balaban J connectivity index is 1.74. The molecule has 1 amide bonds. The number of pyridine rings is 3. The van der Waals surface area contributed by atoms with Crippen LogP contribution in [-0.4, -0.2) is 35.7 Å². The number of carbonyl (C=O) groups is 1. The third kappa shape index (κ3) is 5.47. The van der Waals surface area contributed by atoms with E-state index in [0.29, 0.717) is 34.8 Å². The highest BCUT2D eigenvalue weighted by atomic mass is 127. The summed E-state index contributed by atoms with van der Waals surface area (Å²) in [7, 11) is 0. The standard InChI is InChI=1S/C23H19F3IN7O/c1-2-18(21-29-6-3-7-30-21)34(12-16-5-4-15(11-31-16)23(24,25)26)22(35)14-8-13-9-17(27)19(28)33-20(13)32-10-14/h3-11,18H,2,12H2,1H3,(H2,28,32,33). The Hall–Kier alpha value is -3.42. The second-order valence-corrected chi connectivity index (χ2v) is 8.79. The van der Waals surface area contributed by atoms with Gasteiger partial charge in [-0.2, -0.15) is 13.2 Å². The molecule has 4 heterocycles. The molecule has 12 heteroatoms. The summed E-state index contributed by atoms with van der Waals surface area (Å²) in [6, 6.07) is 6.75. The van der Waals surface area contributed by atoms with Crippen molar-refractivity contribution in [2.45, 2.75) is 32.1 Å². The first-order valence-electron chi connectivity index (χ1n) is 10.5. The third-order valence-electron chi connectivity index (χ3n) is 5.29. The smallest absolute Gasteiger partial charge is 0.383 e. The molecule has 35 heavy (non-hydrogen) atoms. The summed E-state index contributed by atoms with van der Waals surface area (Å²) in [5, 5.41) is 0.631. The largest absolute Gasteiger partial charge is 0.417 e. The lowest BCUT2D eigenvalue weighted by molar-refractivity contribution is -0.137. The minimum Gasteiger partial charge on any atom is -0.383 e. The molecule has 4 aromatic heterocycles. The normalized spacial score (nSPS) is 12.5. The molecule has 0 aromatic carbocycles. The Morgan fingerprint density at radius 1 is 1.11 bits per heavy atom. The van der Waals surface area contributed by atoms with Crippen molar-refractivity contribution in [3.8, 4) is 0 Å². The Bertz CT molecular complexity index is 1350. The first-order valence-corrected chi connectivity index (χ1v) is 11.6. The van der Waals surface area contributed by atoms with Crippen LogP contribution in [0.2, 0.25) is 0 Å². The van der Waals surface area contributed by atoms with Crippen LogP contribution < -0.4 is 5.73 Å². The predicted molar refractivity (Wildman–Crippen MR) is 131 cm³/mol. The maximum absolute atomic E-state index is 13.7. The van der Waals surface area contributed by atoms with Crippen molar-refractivity contribution >= 4 is 45.3 Å². The fourth-order valence-electron chi connectivity index (χ4n) is 3.54. The molecule has 1 atom stereocenters. The highest BCUT2D eigenvalue weighted by Gasteiger charge is 2.32. The quantitative estimate of drug-likeness (QED) is 0.320. The maximum atomic E-state index is 13.7. The number of anilines is 1. The Kier molecular flexibility index (Phi) is 7.10. The van der Waals surface area contributed by atoms with E-state index in [1.165, 1.54) is 17.2 Å². The molecule has 0 spiro atoms. The molecule has 180 valence electrons. The highest BCUT2D eigenvalue weighted by molar-refractivity contribution is 14.1. The average Bonchev–Trinajstić information content (AvgIpc) is 2.84. The van der Waals surface area contributed by atoms with Crippen LogP contribution in [0.15, 0.2) is 55.1 Å². The summed E-state index contributed by atoms with van der Waals surface area (Å²) in [4.78, 5) is 36.2. The molecule has 0 aliphatic heterocycles. The van der Waals surface area contributed by atoms with Gasteiger partial charge in [-0.3, -0.25) is 9.78 Å². The second-order valence-electron chi connectivity index (χ2n) is 7.63. The number of carbonyl (C=O) groups excluding carboxylic acids is 1. The number of nitrogens with zero attached hydrogens (tertiary/aromatic N) is 6. The maximum Gasteiger partial charge on any atom is 0.417 e. The van der Waals surface area contributed by atoms with E-state index < -0.39 is 23.7 Å². The molecular formula is C23H19F3IN7O. The third-order valence-corrected chi connectivity index (χ3v) is 6.15. The lowest BCUT2D eigenvalue weighted by atomic mass is 10.1. The van der Waals surface area contributed by atoms with Crippen molar-refractivity contribution in [3.05, 3.63) is 81.3 Å². The van der Waals surface area contributed by atoms with Crippen LogP contribution >= 0.6 is 22.6 Å². The summed E-state index contributed by atoms with van der Waals surface area (Å²) >= 11 is 2.05. The van der Waals surface area contributed by atoms with Gasteiger partial charge in [-0.25, -0.2) is 19.9 Å². The van der Waals surface area contributed by atoms with E-state index >= 15 is 0 Å². The molecule has 0 radical (unpaired) electrons. The minimum absolute atomic E-state index is 0.0523. The van der Waals surface area contributed by atoms with Crippen LogP contribution in [0.5, 0.6) is 0 Å². The van der Waals surface area contributed by atoms with E-state index in [-0.39, 0.29) is 12.1 Å². The highest BCUT2D eigenvalue weighted by Crippen LogP contribution is 2.30. The molecule has 0 aliphatic rings. The molecule has 0 aliphatic carbocycles. The molecular weight excluding hydrogens is 574 g/mol. The number of nitrogen functional groups attached to an aromatic ring is 1. The van der Waals surface area contributed by atoms with E-state index in [9.17, 15) is 18.0 Å². The van der Waals surface area contributed by atoms with Gasteiger partial charge >= 0.3 is 6.18 Å². The topological polar surface area (TPSA) is 111 Å². The summed E-state index contributed by atoms with van der Waals surface area (Å²) < 4.78 is 39.6. The van der Waals surface area contributed by atoms with Gasteiger partial charge in [0.15, 0.2) is 11.5 Å². The van der Waals surface area contributed by atoms with Gasteiger partial charge in [0, 0.05) is 30.2 Å². The van der Waals surface area contributed by atoms with Gasteiger partial charge in [-0.15, -0.1) is 0 Å². The van der Waals surface area contributed by atoms with E-state index in [2.05, 4.69) is 24.9 Å². The van der Waals surface area contributed by atoms with Crippen molar-refractivity contribution in [1.29, 1.82) is 0 Å². The van der Waals surface area contributed by atoms with E-state index in [1.807, 2.05) is 29.5 Å². The second kappa shape index (κ2) is 10.1. The van der Waals surface area contributed by atoms with Gasteiger partial charge in [0.2, 0.25) is 0 Å². The van der Waals surface area contributed by atoms with Crippen LogP contribution in [-0.2, 0) is 12.7 Å². The Morgan fingerprint density at radius 3 is 2.49 bits per heavy atom. The molecule has 0 saturated carbocycles. The molecule has 0 saturated heterocycles. The number of alkyl halides is 3. The number of amides is 1. The van der Waals surface area contributed by atoms with Crippen LogP contribution in [0, 0.1) is 3.57 Å². The number of nitrogens with two attached hydrogens (primary N) is 1. The number of fused-ring (bicyclic) bond motifs is 1. The van der Waals surface area contributed by atoms with Gasteiger partial charge in [0.05, 0.1) is 33.0 Å². The minimum atomic E-state index is -4.50. The zero-order chi connectivity index (χ0) is 25.2.